The highest BCUT2D eigenvalue weighted by Crippen LogP contribution is 2.16. The van der Waals surface area contributed by atoms with Gasteiger partial charge in [0, 0.05) is 11.4 Å². The first-order chi connectivity index (χ1) is 9.34. The van der Waals surface area contributed by atoms with Crippen LogP contribution in [0, 0.1) is 5.92 Å². The molecule has 0 amide bonds. The van der Waals surface area contributed by atoms with E-state index < -0.39 is 6.10 Å². The molecule has 1 aliphatic rings. The van der Waals surface area contributed by atoms with E-state index in [-0.39, 0.29) is 0 Å². The molecule has 0 spiro atoms. The molecular formula is C15H23NO2S. The molecule has 0 saturated carbocycles. The summed E-state index contributed by atoms with van der Waals surface area (Å²) in [6, 6.07) is 4.06. The average molecular weight is 281 g/mol. The molecule has 2 atom stereocenters. The largest absolute Gasteiger partial charge is 0.389 e. The van der Waals surface area contributed by atoms with Crippen molar-refractivity contribution < 1.29 is 9.84 Å². The molecule has 19 heavy (non-hydrogen) atoms. The minimum Gasteiger partial charge on any atom is -0.389 e. The van der Waals surface area contributed by atoms with Crippen LogP contribution in [0.3, 0.4) is 0 Å². The lowest BCUT2D eigenvalue weighted by Crippen LogP contribution is -2.33. The van der Waals surface area contributed by atoms with E-state index in [2.05, 4.69) is 17.5 Å². The minimum absolute atomic E-state index is 0.398. The second kappa shape index (κ2) is 8.48. The van der Waals surface area contributed by atoms with Gasteiger partial charge in [0.25, 0.3) is 0 Å². The molecule has 2 rings (SSSR count). The highest BCUT2D eigenvalue weighted by Gasteiger charge is 2.10. The summed E-state index contributed by atoms with van der Waals surface area (Å²) >= 11 is 1.68. The van der Waals surface area contributed by atoms with Crippen molar-refractivity contribution in [2.75, 3.05) is 19.7 Å². The first-order valence-electron chi connectivity index (χ1n) is 6.98. The van der Waals surface area contributed by atoms with Crippen LogP contribution in [0.15, 0.2) is 29.7 Å². The van der Waals surface area contributed by atoms with Crippen molar-refractivity contribution in [1.29, 1.82) is 0 Å². The Morgan fingerprint density at radius 3 is 3.16 bits per heavy atom. The van der Waals surface area contributed by atoms with E-state index in [0.717, 1.165) is 18.9 Å². The molecule has 1 aromatic rings. The van der Waals surface area contributed by atoms with E-state index in [9.17, 15) is 5.11 Å². The van der Waals surface area contributed by atoms with Crippen LogP contribution in [0.25, 0.3) is 0 Å². The van der Waals surface area contributed by atoms with E-state index in [1.807, 2.05) is 17.5 Å². The lowest BCUT2D eigenvalue weighted by atomic mass is 9.94. The van der Waals surface area contributed by atoms with Crippen LogP contribution in [0.2, 0.25) is 0 Å². The Balaban J connectivity index is 1.49. The van der Waals surface area contributed by atoms with E-state index >= 15 is 0 Å². The van der Waals surface area contributed by atoms with Crippen LogP contribution >= 0.6 is 11.3 Å². The molecule has 0 bridgehead atoms. The van der Waals surface area contributed by atoms with Crippen LogP contribution in [-0.2, 0) is 11.3 Å². The number of ether oxygens (including phenoxy) is 1. The fourth-order valence-electron chi connectivity index (χ4n) is 2.24. The summed E-state index contributed by atoms with van der Waals surface area (Å²) in [5, 5.41) is 15.2. The predicted molar refractivity (Wildman–Crippen MR) is 79.3 cm³/mol. The van der Waals surface area contributed by atoms with Crippen molar-refractivity contribution in [3.05, 3.63) is 34.5 Å². The summed E-state index contributed by atoms with van der Waals surface area (Å²) < 4.78 is 5.49. The summed E-state index contributed by atoms with van der Waals surface area (Å²) in [7, 11) is 0. The Labute approximate surface area is 119 Å². The molecule has 0 radical (unpaired) electrons. The minimum atomic E-state index is -0.418. The number of hydrogen-bond donors (Lipinski definition) is 2. The molecule has 0 aliphatic heterocycles. The number of rotatable bonds is 8. The highest BCUT2D eigenvalue weighted by molar-refractivity contribution is 7.09. The molecule has 106 valence electrons. The van der Waals surface area contributed by atoms with Crippen molar-refractivity contribution >= 4 is 11.3 Å². The fourth-order valence-corrected chi connectivity index (χ4v) is 2.89. The molecule has 3 nitrogen and oxygen atoms in total. The van der Waals surface area contributed by atoms with Gasteiger partial charge in [-0.2, -0.15) is 0 Å². The van der Waals surface area contributed by atoms with Crippen LogP contribution in [-0.4, -0.2) is 30.9 Å². The Kier molecular flexibility index (Phi) is 6.57. The molecular weight excluding hydrogens is 258 g/mol. The molecule has 1 aromatic heterocycles. The molecule has 0 saturated heterocycles. The summed E-state index contributed by atoms with van der Waals surface area (Å²) in [4.78, 5) is 1.20. The normalized spacial score (nSPS) is 20.6. The monoisotopic (exact) mass is 281 g/mol. The van der Waals surface area contributed by atoms with Gasteiger partial charge in [-0.3, -0.25) is 0 Å². The zero-order chi connectivity index (χ0) is 13.3. The first kappa shape index (κ1) is 14.7. The van der Waals surface area contributed by atoms with Crippen molar-refractivity contribution in [3.8, 4) is 0 Å². The molecule has 1 aliphatic carbocycles. The van der Waals surface area contributed by atoms with E-state index in [1.54, 1.807) is 11.3 Å². The topological polar surface area (TPSA) is 41.5 Å². The summed E-state index contributed by atoms with van der Waals surface area (Å²) in [5.41, 5.74) is 0. The maximum Gasteiger partial charge on any atom is 0.0897 e. The average Bonchev–Trinajstić information content (AvgIpc) is 2.93. The summed E-state index contributed by atoms with van der Waals surface area (Å²) in [6.07, 6.45) is 7.71. The van der Waals surface area contributed by atoms with Gasteiger partial charge in [-0.25, -0.2) is 0 Å². The molecule has 4 heteroatoms. The quantitative estimate of drug-likeness (QED) is 0.720. The number of nitrogens with one attached hydrogen (secondary N) is 1. The third-order valence-corrected chi connectivity index (χ3v) is 4.18. The maximum atomic E-state index is 9.81. The van der Waals surface area contributed by atoms with Gasteiger partial charge in [-0.1, -0.05) is 18.2 Å². The molecule has 1 heterocycles. The van der Waals surface area contributed by atoms with Crippen molar-refractivity contribution in [2.45, 2.75) is 32.0 Å². The van der Waals surface area contributed by atoms with Gasteiger partial charge in [0.1, 0.15) is 0 Å². The van der Waals surface area contributed by atoms with Gasteiger partial charge in [-0.05, 0) is 43.2 Å². The summed E-state index contributed by atoms with van der Waals surface area (Å²) in [5.74, 6) is 0.726. The Hall–Kier alpha value is -0.680. The Bertz CT molecular complexity index is 364. The molecule has 2 N–H and O–H groups in total. The van der Waals surface area contributed by atoms with E-state index in [1.165, 1.54) is 17.7 Å². The van der Waals surface area contributed by atoms with Gasteiger partial charge in [0.15, 0.2) is 0 Å². The highest BCUT2D eigenvalue weighted by atomic mass is 32.1. The van der Waals surface area contributed by atoms with Crippen molar-refractivity contribution in [1.82, 2.24) is 5.32 Å². The Morgan fingerprint density at radius 1 is 1.47 bits per heavy atom. The van der Waals surface area contributed by atoms with Gasteiger partial charge >= 0.3 is 0 Å². The number of allylic oxidation sites excluding steroid dienone is 2. The number of aliphatic hydroxyl groups excluding tert-OH is 1. The number of aliphatic hydroxyl groups is 1. The second-order valence-corrected chi connectivity index (χ2v) is 6.09. The number of hydrogen-bond acceptors (Lipinski definition) is 4. The first-order valence-corrected chi connectivity index (χ1v) is 7.86. The molecule has 2 unspecified atom stereocenters. The van der Waals surface area contributed by atoms with Gasteiger partial charge < -0.3 is 15.2 Å². The van der Waals surface area contributed by atoms with Gasteiger partial charge in [0.05, 0.1) is 19.3 Å². The maximum absolute atomic E-state index is 9.81. The fraction of sp³-hybridized carbons (Fsp3) is 0.600. The van der Waals surface area contributed by atoms with Crippen LogP contribution < -0.4 is 5.32 Å². The van der Waals surface area contributed by atoms with Crippen LogP contribution in [0.1, 0.15) is 24.1 Å². The lowest BCUT2D eigenvalue weighted by Gasteiger charge is -2.19. The SMILES string of the molecule is OC(CNCC1CC=CCC1)COCc1cccs1. The zero-order valence-electron chi connectivity index (χ0n) is 11.3. The van der Waals surface area contributed by atoms with Crippen molar-refractivity contribution in [2.24, 2.45) is 5.92 Å². The van der Waals surface area contributed by atoms with E-state index in [0.29, 0.717) is 19.8 Å². The number of thiophene rings is 1. The van der Waals surface area contributed by atoms with Crippen LogP contribution in [0.4, 0.5) is 0 Å². The third kappa shape index (κ3) is 5.87. The third-order valence-electron chi connectivity index (χ3n) is 3.33. The predicted octanol–water partition coefficient (Wildman–Crippen LogP) is 2.57. The van der Waals surface area contributed by atoms with Crippen molar-refractivity contribution in [3.63, 3.8) is 0 Å². The second-order valence-electron chi connectivity index (χ2n) is 5.06. The molecule has 0 aromatic carbocycles. The Morgan fingerprint density at radius 2 is 2.42 bits per heavy atom. The van der Waals surface area contributed by atoms with Crippen LogP contribution in [0.5, 0.6) is 0 Å². The lowest BCUT2D eigenvalue weighted by molar-refractivity contribution is 0.0295. The van der Waals surface area contributed by atoms with Gasteiger partial charge in [-0.15, -0.1) is 11.3 Å². The van der Waals surface area contributed by atoms with E-state index in [4.69, 9.17) is 4.74 Å². The van der Waals surface area contributed by atoms with Gasteiger partial charge in [0.2, 0.25) is 0 Å². The summed E-state index contributed by atoms with van der Waals surface area (Å²) in [6.45, 7) is 2.61. The molecule has 0 fully saturated rings. The smallest absolute Gasteiger partial charge is 0.0897 e. The zero-order valence-corrected chi connectivity index (χ0v) is 12.1. The standard InChI is InChI=1S/C15H23NO2S/c17-14(11-18-12-15-7-4-8-19-15)10-16-9-13-5-2-1-3-6-13/h1-2,4,7-8,13-14,16-17H,3,5-6,9-12H2.